The number of carbonyl (C=O) groups excluding carboxylic acids is 1. The van der Waals surface area contributed by atoms with Crippen LogP contribution in [-0.4, -0.2) is 12.9 Å². The summed E-state index contributed by atoms with van der Waals surface area (Å²) in [5, 5.41) is 0. The summed E-state index contributed by atoms with van der Waals surface area (Å²) in [6, 6.07) is 9.52. The molecule has 0 heterocycles. The van der Waals surface area contributed by atoms with Gasteiger partial charge in [0, 0.05) is 26.5 Å². The lowest BCUT2D eigenvalue weighted by molar-refractivity contribution is 0.0991. The molecule has 0 amide bonds. The van der Waals surface area contributed by atoms with E-state index in [1.165, 1.54) is 18.2 Å². The van der Waals surface area contributed by atoms with Crippen molar-refractivity contribution in [2.24, 2.45) is 0 Å². The van der Waals surface area contributed by atoms with Crippen molar-refractivity contribution < 1.29 is 13.9 Å². The van der Waals surface area contributed by atoms with Gasteiger partial charge < -0.3 is 4.74 Å². The Morgan fingerprint density at radius 2 is 1.95 bits per heavy atom. The van der Waals surface area contributed by atoms with Crippen LogP contribution >= 0.6 is 31.9 Å². The fraction of sp³-hybridized carbons (Fsp3) is 0.133. The zero-order chi connectivity index (χ0) is 14.7. The molecule has 0 atom stereocenters. The molecule has 0 N–H and O–H groups in total. The molecule has 0 spiro atoms. The highest BCUT2D eigenvalue weighted by Gasteiger charge is 2.14. The lowest BCUT2D eigenvalue weighted by Crippen LogP contribution is -2.06. The van der Waals surface area contributed by atoms with Crippen molar-refractivity contribution >= 4 is 37.6 Å². The van der Waals surface area contributed by atoms with Crippen molar-refractivity contribution in [1.82, 2.24) is 0 Å². The molecule has 0 saturated heterocycles. The molecule has 0 saturated carbocycles. The number of methoxy groups -OCH3 is 1. The molecule has 0 aliphatic carbocycles. The first-order valence-electron chi connectivity index (χ1n) is 5.82. The highest BCUT2D eigenvalue weighted by Crippen LogP contribution is 2.26. The van der Waals surface area contributed by atoms with Gasteiger partial charge in [-0.15, -0.1) is 0 Å². The normalized spacial score (nSPS) is 10.4. The van der Waals surface area contributed by atoms with Crippen LogP contribution in [0.25, 0.3) is 0 Å². The molecule has 0 bridgehead atoms. The van der Waals surface area contributed by atoms with Crippen LogP contribution in [0, 0.1) is 5.82 Å². The number of hydrogen-bond donors (Lipinski definition) is 0. The van der Waals surface area contributed by atoms with Crippen LogP contribution in [0.15, 0.2) is 45.3 Å². The van der Waals surface area contributed by atoms with Gasteiger partial charge in [-0.3, -0.25) is 4.79 Å². The topological polar surface area (TPSA) is 26.3 Å². The number of rotatable bonds is 4. The van der Waals surface area contributed by atoms with E-state index in [2.05, 4.69) is 31.9 Å². The first kappa shape index (κ1) is 15.2. The average molecular weight is 402 g/mol. The Hall–Kier alpha value is -1.20. The third kappa shape index (κ3) is 3.46. The van der Waals surface area contributed by atoms with Gasteiger partial charge >= 0.3 is 0 Å². The SMILES string of the molecule is COc1ccc(Br)cc1CC(=O)c1ccc(F)cc1Br. The van der Waals surface area contributed by atoms with E-state index < -0.39 is 0 Å². The van der Waals surface area contributed by atoms with E-state index in [4.69, 9.17) is 4.74 Å². The van der Waals surface area contributed by atoms with Crippen LogP contribution < -0.4 is 4.74 Å². The summed E-state index contributed by atoms with van der Waals surface area (Å²) in [5.41, 5.74) is 1.23. The van der Waals surface area contributed by atoms with E-state index in [-0.39, 0.29) is 18.0 Å². The molecular formula is C15H11Br2FO2. The largest absolute Gasteiger partial charge is 0.496 e. The summed E-state index contributed by atoms with van der Waals surface area (Å²) in [6.07, 6.45) is 0.187. The van der Waals surface area contributed by atoms with E-state index in [9.17, 15) is 9.18 Å². The van der Waals surface area contributed by atoms with E-state index in [1.807, 2.05) is 12.1 Å². The third-order valence-electron chi connectivity index (χ3n) is 2.82. The highest BCUT2D eigenvalue weighted by molar-refractivity contribution is 9.10. The quantitative estimate of drug-likeness (QED) is 0.688. The maximum Gasteiger partial charge on any atom is 0.168 e. The molecule has 2 rings (SSSR count). The summed E-state index contributed by atoms with van der Waals surface area (Å²) >= 11 is 6.58. The van der Waals surface area contributed by atoms with Crippen molar-refractivity contribution in [3.63, 3.8) is 0 Å². The van der Waals surface area contributed by atoms with Crippen LogP contribution in [0.2, 0.25) is 0 Å². The van der Waals surface area contributed by atoms with Gasteiger partial charge in [-0.05, 0) is 52.3 Å². The first-order chi connectivity index (χ1) is 9.51. The fourth-order valence-corrected chi connectivity index (χ4v) is 2.85. The highest BCUT2D eigenvalue weighted by atomic mass is 79.9. The Balaban J connectivity index is 2.30. The van der Waals surface area contributed by atoms with Gasteiger partial charge in [-0.25, -0.2) is 4.39 Å². The molecule has 0 aliphatic rings. The summed E-state index contributed by atoms with van der Waals surface area (Å²) in [6.45, 7) is 0. The Kier molecular flexibility index (Phi) is 4.94. The predicted molar refractivity (Wildman–Crippen MR) is 82.8 cm³/mol. The number of halogens is 3. The molecule has 0 radical (unpaired) electrons. The van der Waals surface area contributed by atoms with Gasteiger partial charge in [0.2, 0.25) is 0 Å². The molecule has 2 nitrogen and oxygen atoms in total. The first-order valence-corrected chi connectivity index (χ1v) is 7.40. The number of ketones is 1. The number of ether oxygens (including phenoxy) is 1. The molecular weight excluding hydrogens is 391 g/mol. The Bertz CT molecular complexity index is 656. The Morgan fingerprint density at radius 3 is 2.60 bits per heavy atom. The van der Waals surface area contributed by atoms with Crippen LogP contribution in [0.5, 0.6) is 5.75 Å². The van der Waals surface area contributed by atoms with Crippen molar-refractivity contribution in [3.8, 4) is 5.75 Å². The van der Waals surface area contributed by atoms with Crippen LogP contribution in [-0.2, 0) is 6.42 Å². The minimum atomic E-state index is -0.381. The van der Waals surface area contributed by atoms with Crippen molar-refractivity contribution in [3.05, 3.63) is 62.3 Å². The number of benzene rings is 2. The Morgan fingerprint density at radius 1 is 1.20 bits per heavy atom. The molecule has 2 aromatic carbocycles. The van der Waals surface area contributed by atoms with Crippen LogP contribution in [0.1, 0.15) is 15.9 Å². The zero-order valence-corrected chi connectivity index (χ0v) is 13.8. The summed E-state index contributed by atoms with van der Waals surface area (Å²) in [7, 11) is 1.56. The van der Waals surface area contributed by atoms with Gasteiger partial charge in [0.15, 0.2) is 5.78 Å². The lowest BCUT2D eigenvalue weighted by Gasteiger charge is -2.09. The molecule has 0 fully saturated rings. The maximum atomic E-state index is 13.0. The van der Waals surface area contributed by atoms with Gasteiger partial charge in [0.25, 0.3) is 0 Å². The van der Waals surface area contributed by atoms with Crippen molar-refractivity contribution in [2.45, 2.75) is 6.42 Å². The number of hydrogen-bond acceptors (Lipinski definition) is 2. The van der Waals surface area contributed by atoms with Crippen LogP contribution in [0.3, 0.4) is 0 Å². The molecule has 0 aliphatic heterocycles. The van der Waals surface area contributed by atoms with Crippen LogP contribution in [0.4, 0.5) is 4.39 Å². The summed E-state index contributed by atoms with van der Waals surface area (Å²) in [4.78, 5) is 12.3. The van der Waals surface area contributed by atoms with E-state index in [0.717, 1.165) is 10.0 Å². The standard InChI is InChI=1S/C15H11Br2FO2/c1-20-15-5-2-10(16)6-9(15)7-14(19)12-4-3-11(18)8-13(12)17/h2-6,8H,7H2,1H3. The predicted octanol–water partition coefficient (Wildman–Crippen LogP) is 4.78. The van der Waals surface area contributed by atoms with E-state index in [0.29, 0.717) is 15.8 Å². The van der Waals surface area contributed by atoms with Gasteiger partial charge in [-0.1, -0.05) is 15.9 Å². The zero-order valence-electron chi connectivity index (χ0n) is 10.6. The lowest BCUT2D eigenvalue weighted by atomic mass is 10.0. The second-order valence-corrected chi connectivity index (χ2v) is 5.95. The minimum absolute atomic E-state index is 0.103. The maximum absolute atomic E-state index is 13.0. The second-order valence-electron chi connectivity index (χ2n) is 4.18. The number of Topliss-reactive ketones (excluding diaryl/α,β-unsaturated/α-hetero) is 1. The minimum Gasteiger partial charge on any atom is -0.496 e. The third-order valence-corrected chi connectivity index (χ3v) is 3.97. The van der Waals surface area contributed by atoms with E-state index >= 15 is 0 Å². The number of carbonyl (C=O) groups is 1. The smallest absolute Gasteiger partial charge is 0.168 e. The van der Waals surface area contributed by atoms with Crippen molar-refractivity contribution in [2.75, 3.05) is 7.11 Å². The summed E-state index contributed by atoms with van der Waals surface area (Å²) < 4.78 is 19.6. The molecule has 20 heavy (non-hydrogen) atoms. The molecule has 0 unspecified atom stereocenters. The van der Waals surface area contributed by atoms with E-state index in [1.54, 1.807) is 13.2 Å². The fourth-order valence-electron chi connectivity index (χ4n) is 1.87. The molecule has 2 aromatic rings. The van der Waals surface area contributed by atoms with Gasteiger partial charge in [-0.2, -0.15) is 0 Å². The average Bonchev–Trinajstić information content (AvgIpc) is 2.38. The Labute approximate surface area is 133 Å². The molecule has 0 aromatic heterocycles. The summed E-state index contributed by atoms with van der Waals surface area (Å²) in [5.74, 6) is 0.168. The monoisotopic (exact) mass is 400 g/mol. The van der Waals surface area contributed by atoms with Gasteiger partial charge in [0.1, 0.15) is 11.6 Å². The second kappa shape index (κ2) is 6.50. The van der Waals surface area contributed by atoms with Gasteiger partial charge in [0.05, 0.1) is 7.11 Å². The molecule has 104 valence electrons. The van der Waals surface area contributed by atoms with Crippen molar-refractivity contribution in [1.29, 1.82) is 0 Å². The molecule has 5 heteroatoms.